The Morgan fingerprint density at radius 2 is 1.77 bits per heavy atom. The predicted octanol–water partition coefficient (Wildman–Crippen LogP) is 4.39. The van der Waals surface area contributed by atoms with Crippen LogP contribution in [0.15, 0.2) is 30.3 Å². The van der Waals surface area contributed by atoms with Gasteiger partial charge in [-0.1, -0.05) is 19.9 Å². The second-order valence-electron chi connectivity index (χ2n) is 8.37. The summed E-state index contributed by atoms with van der Waals surface area (Å²) in [6.07, 6.45) is 0.418. The molecule has 0 aliphatic carbocycles. The summed E-state index contributed by atoms with van der Waals surface area (Å²) >= 11 is 0. The first-order valence-electron chi connectivity index (χ1n) is 10.1. The lowest BCUT2D eigenvalue weighted by atomic mass is 9.94. The Bertz CT molecular complexity index is 978. The number of rotatable bonds is 8. The monoisotopic (exact) mass is 411 g/mol. The van der Waals surface area contributed by atoms with Gasteiger partial charge in [0.15, 0.2) is 22.9 Å². The molecule has 3 rings (SSSR count). The molecule has 0 unspecified atom stereocenters. The van der Waals surface area contributed by atoms with Crippen molar-refractivity contribution < 1.29 is 23.8 Å². The summed E-state index contributed by atoms with van der Waals surface area (Å²) in [5.41, 5.74) is 2.18. The van der Waals surface area contributed by atoms with Crippen molar-refractivity contribution >= 4 is 11.7 Å². The number of methoxy groups -OCH3 is 2. The number of benzene rings is 2. The first-order valence-corrected chi connectivity index (χ1v) is 10.1. The van der Waals surface area contributed by atoms with Gasteiger partial charge in [0.2, 0.25) is 5.75 Å². The summed E-state index contributed by atoms with van der Waals surface area (Å²) in [5, 5.41) is 2.83. The van der Waals surface area contributed by atoms with E-state index in [1.54, 1.807) is 34.1 Å². The molecule has 0 radical (unpaired) electrons. The molecule has 0 atom stereocenters. The van der Waals surface area contributed by atoms with Gasteiger partial charge in [0.25, 0.3) is 5.91 Å². The van der Waals surface area contributed by atoms with Gasteiger partial charge in [-0.25, -0.2) is 0 Å². The number of hydrogen-bond acceptors (Lipinski definition) is 5. The van der Waals surface area contributed by atoms with Crippen LogP contribution in [0.3, 0.4) is 0 Å². The molecule has 160 valence electrons. The summed E-state index contributed by atoms with van der Waals surface area (Å²) in [7, 11) is 3.10. The van der Waals surface area contributed by atoms with Crippen molar-refractivity contribution in [3.05, 3.63) is 41.5 Å². The van der Waals surface area contributed by atoms with Gasteiger partial charge in [0.1, 0.15) is 0 Å². The van der Waals surface area contributed by atoms with Crippen molar-refractivity contribution in [2.24, 2.45) is 5.92 Å². The largest absolute Gasteiger partial charge is 0.493 e. The van der Waals surface area contributed by atoms with E-state index in [1.165, 1.54) is 0 Å². The second kappa shape index (κ2) is 8.38. The quantitative estimate of drug-likeness (QED) is 0.698. The summed E-state index contributed by atoms with van der Waals surface area (Å²) in [4.78, 5) is 24.7. The maximum absolute atomic E-state index is 12.8. The van der Waals surface area contributed by atoms with E-state index < -0.39 is 5.60 Å². The molecule has 0 saturated carbocycles. The van der Waals surface area contributed by atoms with Crippen LogP contribution in [0.5, 0.6) is 17.2 Å². The van der Waals surface area contributed by atoms with Crippen molar-refractivity contribution in [3.8, 4) is 28.4 Å². The van der Waals surface area contributed by atoms with Crippen molar-refractivity contribution in [3.63, 3.8) is 0 Å². The van der Waals surface area contributed by atoms with Crippen LogP contribution in [-0.2, 0) is 11.3 Å². The average Bonchev–Trinajstić information content (AvgIpc) is 3.07. The fourth-order valence-electron chi connectivity index (χ4n) is 3.56. The van der Waals surface area contributed by atoms with Gasteiger partial charge in [0.05, 0.1) is 14.2 Å². The van der Waals surface area contributed by atoms with Crippen molar-refractivity contribution in [1.82, 2.24) is 5.32 Å². The Hall–Kier alpha value is -3.02. The molecule has 6 nitrogen and oxygen atoms in total. The minimum Gasteiger partial charge on any atom is -0.493 e. The van der Waals surface area contributed by atoms with Crippen LogP contribution in [0, 0.1) is 5.92 Å². The highest BCUT2D eigenvalue weighted by molar-refractivity contribution is 5.99. The summed E-state index contributed by atoms with van der Waals surface area (Å²) in [6.45, 7) is 8.04. The zero-order valence-corrected chi connectivity index (χ0v) is 18.4. The van der Waals surface area contributed by atoms with Crippen molar-refractivity contribution in [2.75, 3.05) is 14.2 Å². The van der Waals surface area contributed by atoms with Crippen molar-refractivity contribution in [1.29, 1.82) is 0 Å². The van der Waals surface area contributed by atoms with E-state index in [4.69, 9.17) is 14.2 Å². The van der Waals surface area contributed by atoms with Crippen molar-refractivity contribution in [2.45, 2.75) is 46.3 Å². The third kappa shape index (κ3) is 4.13. The maximum atomic E-state index is 12.8. The standard InChI is InChI=1S/C24H29NO5/c1-14(2)11-20(26)24(3,4)30-21-17(9-10-19(28-5)22(21)29-6)15-7-8-18-16(12-15)13-25-23(18)27/h7-10,12,14H,11,13H2,1-6H3,(H,25,27). The molecule has 0 spiro atoms. The maximum Gasteiger partial charge on any atom is 0.251 e. The summed E-state index contributed by atoms with van der Waals surface area (Å²) in [5.74, 6) is 1.55. The van der Waals surface area contributed by atoms with Crippen LogP contribution >= 0.6 is 0 Å². The topological polar surface area (TPSA) is 73.9 Å². The fraction of sp³-hybridized carbons (Fsp3) is 0.417. The molecule has 1 heterocycles. The lowest BCUT2D eigenvalue weighted by Crippen LogP contribution is -2.39. The minimum absolute atomic E-state index is 0.0112. The van der Waals surface area contributed by atoms with Crippen LogP contribution in [0.25, 0.3) is 11.1 Å². The number of Topliss-reactive ketones (excluding diaryl/α,β-unsaturated/α-hetero) is 1. The lowest BCUT2D eigenvalue weighted by molar-refractivity contribution is -0.132. The third-order valence-corrected chi connectivity index (χ3v) is 5.22. The van der Waals surface area contributed by atoms with Gasteiger partial charge in [-0.3, -0.25) is 9.59 Å². The Morgan fingerprint density at radius 3 is 2.40 bits per heavy atom. The molecule has 0 saturated heterocycles. The van der Waals surface area contributed by atoms with E-state index >= 15 is 0 Å². The number of carbonyl (C=O) groups excluding carboxylic acids is 2. The number of ketones is 1. The van der Waals surface area contributed by atoms with Gasteiger partial charge in [-0.2, -0.15) is 0 Å². The van der Waals surface area contributed by atoms with Gasteiger partial charge in [-0.05, 0) is 55.2 Å². The summed E-state index contributed by atoms with van der Waals surface area (Å²) in [6, 6.07) is 9.33. The molecule has 1 aliphatic rings. The van der Waals surface area contributed by atoms with Crippen LogP contribution in [-0.4, -0.2) is 31.5 Å². The third-order valence-electron chi connectivity index (χ3n) is 5.22. The first-order chi connectivity index (χ1) is 14.2. The zero-order valence-electron chi connectivity index (χ0n) is 18.4. The molecule has 0 fully saturated rings. The number of hydrogen-bond donors (Lipinski definition) is 1. The van der Waals surface area contributed by atoms with E-state index in [1.807, 2.05) is 38.1 Å². The zero-order chi connectivity index (χ0) is 22.1. The molecular weight excluding hydrogens is 382 g/mol. The number of ether oxygens (including phenoxy) is 3. The van der Waals surface area contributed by atoms with E-state index in [0.717, 1.165) is 16.7 Å². The molecule has 6 heteroatoms. The number of carbonyl (C=O) groups is 2. The van der Waals surface area contributed by atoms with Gasteiger partial charge < -0.3 is 19.5 Å². The van der Waals surface area contributed by atoms with Crippen LogP contribution in [0.2, 0.25) is 0 Å². The summed E-state index contributed by atoms with van der Waals surface area (Å²) < 4.78 is 17.4. The molecule has 0 bridgehead atoms. The highest BCUT2D eigenvalue weighted by atomic mass is 16.5. The minimum atomic E-state index is -1.05. The number of amides is 1. The number of nitrogens with one attached hydrogen (secondary N) is 1. The van der Waals surface area contributed by atoms with Crippen LogP contribution in [0.1, 0.15) is 50.0 Å². The number of fused-ring (bicyclic) bond motifs is 1. The highest BCUT2D eigenvalue weighted by Gasteiger charge is 2.33. The van der Waals surface area contributed by atoms with Crippen LogP contribution < -0.4 is 19.5 Å². The average molecular weight is 411 g/mol. The first kappa shape index (κ1) is 21.7. The van der Waals surface area contributed by atoms with E-state index in [9.17, 15) is 9.59 Å². The fourth-order valence-corrected chi connectivity index (χ4v) is 3.56. The molecular formula is C24H29NO5. The van der Waals surface area contributed by atoms with E-state index in [-0.39, 0.29) is 17.6 Å². The van der Waals surface area contributed by atoms with Gasteiger partial charge in [-0.15, -0.1) is 0 Å². The van der Waals surface area contributed by atoms with E-state index in [0.29, 0.717) is 35.8 Å². The second-order valence-corrected chi connectivity index (χ2v) is 8.37. The van der Waals surface area contributed by atoms with Gasteiger partial charge >= 0.3 is 0 Å². The SMILES string of the molecule is COc1ccc(-c2ccc3c(c2)CNC3=O)c(OC(C)(C)C(=O)CC(C)C)c1OC. The molecule has 2 aromatic rings. The molecule has 0 aromatic heterocycles. The predicted molar refractivity (Wildman–Crippen MR) is 115 cm³/mol. The molecule has 30 heavy (non-hydrogen) atoms. The Kier molecular flexibility index (Phi) is 6.06. The van der Waals surface area contributed by atoms with Gasteiger partial charge in [0, 0.05) is 24.1 Å². The molecule has 1 amide bonds. The molecule has 1 N–H and O–H groups in total. The Labute approximate surface area is 177 Å². The highest BCUT2D eigenvalue weighted by Crippen LogP contribution is 2.46. The Morgan fingerprint density at radius 1 is 1.07 bits per heavy atom. The van der Waals surface area contributed by atoms with E-state index in [2.05, 4.69) is 5.32 Å². The molecule has 2 aromatic carbocycles. The smallest absolute Gasteiger partial charge is 0.251 e. The Balaban J connectivity index is 2.11. The molecule has 1 aliphatic heterocycles. The normalized spacial score (nSPS) is 13.1. The lowest BCUT2D eigenvalue weighted by Gasteiger charge is -2.28. The van der Waals surface area contributed by atoms with Crippen LogP contribution in [0.4, 0.5) is 0 Å².